The first-order valence-corrected chi connectivity index (χ1v) is 8.05. The fourth-order valence-electron chi connectivity index (χ4n) is 3.24. The molecule has 0 saturated carbocycles. The van der Waals surface area contributed by atoms with E-state index in [0.29, 0.717) is 11.8 Å². The van der Waals surface area contributed by atoms with E-state index >= 15 is 0 Å². The van der Waals surface area contributed by atoms with Crippen LogP contribution < -0.4 is 0 Å². The number of nitrogens with zero attached hydrogens (tertiary/aromatic N) is 2. The summed E-state index contributed by atoms with van der Waals surface area (Å²) in [7, 11) is 0. The third-order valence-corrected chi connectivity index (χ3v) is 4.68. The van der Waals surface area contributed by atoms with E-state index in [1.54, 1.807) is 0 Å². The van der Waals surface area contributed by atoms with Gasteiger partial charge in [0.1, 0.15) is 0 Å². The smallest absolute Gasteiger partial charge is 0.0110 e. The molecule has 1 saturated heterocycles. The standard InChI is InChI=1S/C18H26N2/c1-2-6-17(5-1)9-11-19-13-15-20(16-14-19)12-10-18-7-3-4-8-18/h1-8,17-18H,9-16H2. The highest BCUT2D eigenvalue weighted by atomic mass is 15.3. The Labute approximate surface area is 123 Å². The van der Waals surface area contributed by atoms with Crippen LogP contribution >= 0.6 is 0 Å². The summed E-state index contributed by atoms with van der Waals surface area (Å²) in [5.74, 6) is 1.38. The molecular weight excluding hydrogens is 244 g/mol. The van der Waals surface area contributed by atoms with Gasteiger partial charge in [-0.05, 0) is 37.8 Å². The highest BCUT2D eigenvalue weighted by Gasteiger charge is 2.18. The van der Waals surface area contributed by atoms with E-state index in [-0.39, 0.29) is 0 Å². The molecule has 0 atom stereocenters. The molecule has 2 aliphatic carbocycles. The lowest BCUT2D eigenvalue weighted by Crippen LogP contribution is -2.47. The second kappa shape index (κ2) is 7.05. The molecule has 3 aliphatic rings. The van der Waals surface area contributed by atoms with Crippen molar-refractivity contribution in [2.24, 2.45) is 11.8 Å². The normalized spacial score (nSPS) is 24.4. The van der Waals surface area contributed by atoms with Crippen LogP contribution in [0.1, 0.15) is 12.8 Å². The zero-order valence-corrected chi connectivity index (χ0v) is 12.3. The zero-order chi connectivity index (χ0) is 13.6. The maximum Gasteiger partial charge on any atom is 0.0110 e. The molecule has 0 spiro atoms. The van der Waals surface area contributed by atoms with Crippen molar-refractivity contribution in [3.63, 3.8) is 0 Å². The maximum atomic E-state index is 2.63. The van der Waals surface area contributed by atoms with Gasteiger partial charge in [-0.3, -0.25) is 0 Å². The molecule has 0 N–H and O–H groups in total. The van der Waals surface area contributed by atoms with Gasteiger partial charge < -0.3 is 9.80 Å². The second-order valence-electron chi connectivity index (χ2n) is 6.13. The molecule has 108 valence electrons. The first kappa shape index (κ1) is 13.8. The van der Waals surface area contributed by atoms with Gasteiger partial charge in [-0.25, -0.2) is 0 Å². The molecule has 0 radical (unpaired) electrons. The van der Waals surface area contributed by atoms with Crippen molar-refractivity contribution in [1.82, 2.24) is 9.80 Å². The molecule has 3 rings (SSSR count). The van der Waals surface area contributed by atoms with Crippen LogP contribution in [0.2, 0.25) is 0 Å². The third kappa shape index (κ3) is 3.94. The van der Waals surface area contributed by atoms with E-state index in [0.717, 1.165) is 0 Å². The van der Waals surface area contributed by atoms with Gasteiger partial charge in [-0.15, -0.1) is 0 Å². The van der Waals surface area contributed by atoms with E-state index in [1.807, 2.05) is 0 Å². The van der Waals surface area contributed by atoms with Crippen molar-refractivity contribution in [3.8, 4) is 0 Å². The van der Waals surface area contributed by atoms with E-state index < -0.39 is 0 Å². The molecule has 1 fully saturated rings. The van der Waals surface area contributed by atoms with Gasteiger partial charge in [0, 0.05) is 26.2 Å². The van der Waals surface area contributed by atoms with E-state index in [1.165, 1.54) is 52.1 Å². The monoisotopic (exact) mass is 270 g/mol. The van der Waals surface area contributed by atoms with Crippen molar-refractivity contribution in [2.75, 3.05) is 39.3 Å². The number of hydrogen-bond donors (Lipinski definition) is 0. The summed E-state index contributed by atoms with van der Waals surface area (Å²) in [5, 5.41) is 0. The van der Waals surface area contributed by atoms with Crippen LogP contribution in [0.3, 0.4) is 0 Å². The van der Waals surface area contributed by atoms with E-state index in [4.69, 9.17) is 0 Å². The van der Waals surface area contributed by atoms with Crippen LogP contribution in [0.15, 0.2) is 48.6 Å². The Kier molecular flexibility index (Phi) is 4.88. The van der Waals surface area contributed by atoms with Crippen LogP contribution in [-0.2, 0) is 0 Å². The highest BCUT2D eigenvalue weighted by molar-refractivity contribution is 5.17. The summed E-state index contributed by atoms with van der Waals surface area (Å²) in [6.07, 6.45) is 20.5. The van der Waals surface area contributed by atoms with Crippen molar-refractivity contribution in [1.29, 1.82) is 0 Å². The molecule has 0 amide bonds. The predicted molar refractivity (Wildman–Crippen MR) is 85.7 cm³/mol. The molecule has 2 heteroatoms. The minimum Gasteiger partial charge on any atom is -0.301 e. The molecule has 20 heavy (non-hydrogen) atoms. The lowest BCUT2D eigenvalue weighted by atomic mass is 10.1. The first-order chi connectivity index (χ1) is 9.90. The van der Waals surface area contributed by atoms with Gasteiger partial charge in [0.25, 0.3) is 0 Å². The molecule has 1 heterocycles. The first-order valence-electron chi connectivity index (χ1n) is 8.05. The van der Waals surface area contributed by atoms with E-state index in [9.17, 15) is 0 Å². The number of allylic oxidation sites excluding steroid dienone is 8. The quantitative estimate of drug-likeness (QED) is 0.732. The lowest BCUT2D eigenvalue weighted by Gasteiger charge is -2.35. The lowest BCUT2D eigenvalue weighted by molar-refractivity contribution is 0.127. The number of hydrogen-bond acceptors (Lipinski definition) is 2. The average Bonchev–Trinajstić information content (AvgIpc) is 3.17. The second-order valence-corrected chi connectivity index (χ2v) is 6.13. The fourth-order valence-corrected chi connectivity index (χ4v) is 3.24. The molecule has 0 aromatic heterocycles. The van der Waals surface area contributed by atoms with Crippen LogP contribution in [0.25, 0.3) is 0 Å². The minimum atomic E-state index is 0.689. The molecule has 0 unspecified atom stereocenters. The molecule has 2 nitrogen and oxygen atoms in total. The molecule has 0 aromatic carbocycles. The van der Waals surface area contributed by atoms with Crippen molar-refractivity contribution < 1.29 is 0 Å². The Morgan fingerprint density at radius 2 is 0.950 bits per heavy atom. The topological polar surface area (TPSA) is 6.48 Å². The molecular formula is C18H26N2. The summed E-state index contributed by atoms with van der Waals surface area (Å²) in [5.41, 5.74) is 0. The van der Waals surface area contributed by atoms with Gasteiger partial charge in [-0.2, -0.15) is 0 Å². The average molecular weight is 270 g/mol. The van der Waals surface area contributed by atoms with Gasteiger partial charge >= 0.3 is 0 Å². The molecule has 0 aromatic rings. The Balaban J connectivity index is 1.30. The summed E-state index contributed by atoms with van der Waals surface area (Å²) in [6.45, 7) is 7.49. The Bertz CT molecular complexity index is 347. The number of piperazine rings is 1. The Morgan fingerprint density at radius 1 is 0.600 bits per heavy atom. The maximum absolute atomic E-state index is 2.63. The van der Waals surface area contributed by atoms with E-state index in [2.05, 4.69) is 58.4 Å². The van der Waals surface area contributed by atoms with Crippen molar-refractivity contribution >= 4 is 0 Å². The Hall–Kier alpha value is -1.12. The minimum absolute atomic E-state index is 0.689. The summed E-state index contributed by atoms with van der Waals surface area (Å²) >= 11 is 0. The SMILES string of the molecule is C1=CC(CCN2CCN(CCC3C=CC=C3)CC2)C=C1. The fraction of sp³-hybridized carbons (Fsp3) is 0.556. The highest BCUT2D eigenvalue weighted by Crippen LogP contribution is 2.16. The summed E-state index contributed by atoms with van der Waals surface area (Å²) in [6, 6.07) is 0. The third-order valence-electron chi connectivity index (χ3n) is 4.68. The van der Waals surface area contributed by atoms with Crippen LogP contribution in [0, 0.1) is 11.8 Å². The van der Waals surface area contributed by atoms with Gasteiger partial charge in [0.05, 0.1) is 0 Å². The zero-order valence-electron chi connectivity index (χ0n) is 12.3. The number of rotatable bonds is 6. The van der Waals surface area contributed by atoms with Gasteiger partial charge in [0.2, 0.25) is 0 Å². The predicted octanol–water partition coefficient (Wildman–Crippen LogP) is 2.87. The van der Waals surface area contributed by atoms with Crippen LogP contribution in [-0.4, -0.2) is 49.1 Å². The van der Waals surface area contributed by atoms with Crippen molar-refractivity contribution in [2.45, 2.75) is 12.8 Å². The van der Waals surface area contributed by atoms with Crippen LogP contribution in [0.5, 0.6) is 0 Å². The van der Waals surface area contributed by atoms with Crippen molar-refractivity contribution in [3.05, 3.63) is 48.6 Å². The summed E-state index contributed by atoms with van der Waals surface area (Å²) < 4.78 is 0. The van der Waals surface area contributed by atoms with Gasteiger partial charge in [0.15, 0.2) is 0 Å². The van der Waals surface area contributed by atoms with Gasteiger partial charge in [-0.1, -0.05) is 48.6 Å². The Morgan fingerprint density at radius 3 is 1.30 bits per heavy atom. The summed E-state index contributed by atoms with van der Waals surface area (Å²) in [4.78, 5) is 5.26. The van der Waals surface area contributed by atoms with Crippen LogP contribution in [0.4, 0.5) is 0 Å². The molecule has 1 aliphatic heterocycles. The largest absolute Gasteiger partial charge is 0.301 e. The molecule has 0 bridgehead atoms.